The van der Waals surface area contributed by atoms with Gasteiger partial charge in [0.1, 0.15) is 0 Å². The van der Waals surface area contributed by atoms with E-state index < -0.39 is 12.1 Å². The molecule has 0 saturated carbocycles. The number of ether oxygens (including phenoxy) is 1. The number of esters is 1. The van der Waals surface area contributed by atoms with Gasteiger partial charge in [-0.25, -0.2) is 0 Å². The lowest BCUT2D eigenvalue weighted by atomic mass is 10.0. The first kappa shape index (κ1) is 66.1. The van der Waals surface area contributed by atoms with Crippen molar-refractivity contribution in [1.82, 2.24) is 5.32 Å². The zero-order valence-electron chi connectivity index (χ0n) is 45.6. The smallest absolute Gasteiger partial charge is 0.305 e. The van der Waals surface area contributed by atoms with Crippen LogP contribution in [0.4, 0.5) is 0 Å². The fourth-order valence-electron chi connectivity index (χ4n) is 9.26. The number of allylic oxidation sites excluding steroid dienone is 6. The maximum atomic E-state index is 12.5. The van der Waals surface area contributed by atoms with Gasteiger partial charge in [0.25, 0.3) is 0 Å². The summed E-state index contributed by atoms with van der Waals surface area (Å²) in [6.45, 7) is 4.86. The molecule has 0 aliphatic heterocycles. The summed E-state index contributed by atoms with van der Waals surface area (Å²) in [5.74, 6) is -0.132. The molecule has 3 N–H and O–H groups in total. The molecular formula is C62H117NO5. The number of hydrogen-bond acceptors (Lipinski definition) is 5. The molecule has 0 aromatic carbocycles. The van der Waals surface area contributed by atoms with Crippen molar-refractivity contribution in [3.8, 4) is 0 Å². The second-order valence-electron chi connectivity index (χ2n) is 20.7. The lowest BCUT2D eigenvalue weighted by molar-refractivity contribution is -0.143. The first-order chi connectivity index (χ1) is 33.5. The predicted octanol–water partition coefficient (Wildman–Crippen LogP) is 18.8. The quantitative estimate of drug-likeness (QED) is 0.0321. The Labute approximate surface area is 424 Å². The lowest BCUT2D eigenvalue weighted by Crippen LogP contribution is -2.45. The normalized spacial score (nSPS) is 12.8. The van der Waals surface area contributed by atoms with E-state index in [1.165, 1.54) is 212 Å². The van der Waals surface area contributed by atoms with Crippen LogP contribution in [0.1, 0.15) is 322 Å². The SMILES string of the molecule is CCCCC/C=C\C/C=C\CCCCCCCCCCCC(=O)OCCCCCC/C=C\CCCC(=O)NC(CO)C(O)CCCCCCCCCCCCCCCCCCCCCCCCC. The number of amides is 1. The van der Waals surface area contributed by atoms with Crippen molar-refractivity contribution < 1.29 is 24.5 Å². The van der Waals surface area contributed by atoms with E-state index in [-0.39, 0.29) is 18.5 Å². The third kappa shape index (κ3) is 53.4. The summed E-state index contributed by atoms with van der Waals surface area (Å²) < 4.78 is 5.46. The zero-order chi connectivity index (χ0) is 49.3. The van der Waals surface area contributed by atoms with Gasteiger partial charge in [-0.1, -0.05) is 269 Å². The van der Waals surface area contributed by atoms with Crippen molar-refractivity contribution in [3.05, 3.63) is 36.5 Å². The van der Waals surface area contributed by atoms with Crippen molar-refractivity contribution in [3.63, 3.8) is 0 Å². The minimum atomic E-state index is -0.697. The zero-order valence-corrected chi connectivity index (χ0v) is 45.6. The van der Waals surface area contributed by atoms with Crippen LogP contribution in [0.25, 0.3) is 0 Å². The predicted molar refractivity (Wildman–Crippen MR) is 296 cm³/mol. The molecule has 0 fully saturated rings. The van der Waals surface area contributed by atoms with Gasteiger partial charge >= 0.3 is 5.97 Å². The monoisotopic (exact) mass is 956 g/mol. The molecule has 0 aliphatic rings. The second-order valence-corrected chi connectivity index (χ2v) is 20.7. The molecule has 0 rings (SSSR count). The maximum absolute atomic E-state index is 12.5. The summed E-state index contributed by atoms with van der Waals surface area (Å²) in [5, 5.41) is 23.3. The number of carbonyl (C=O) groups excluding carboxylic acids is 2. The number of hydrogen-bond donors (Lipinski definition) is 3. The molecule has 2 atom stereocenters. The molecule has 0 bridgehead atoms. The highest BCUT2D eigenvalue weighted by atomic mass is 16.5. The number of carbonyl (C=O) groups is 2. The fraction of sp³-hybridized carbons (Fsp3) is 0.871. The molecule has 6 nitrogen and oxygen atoms in total. The van der Waals surface area contributed by atoms with Crippen LogP contribution in [0.3, 0.4) is 0 Å². The van der Waals surface area contributed by atoms with E-state index in [0.717, 1.165) is 77.0 Å². The molecule has 0 radical (unpaired) electrons. The standard InChI is InChI=1S/C62H117NO5/c1-3-5-7-9-11-13-15-17-19-21-23-24-25-26-28-29-31-33-35-38-42-46-50-54-60(65)59(58-64)63-61(66)55-51-47-43-39-37-41-45-49-53-57-68-62(67)56-52-48-44-40-36-34-32-30-27-22-20-18-16-14-12-10-8-6-4-2/h12,14,18,20,39,43,59-60,64-65H,3-11,13,15-17,19,21-38,40-42,44-58H2,1-2H3,(H,63,66)/b14-12-,20-18-,43-39-. The molecule has 0 aliphatic carbocycles. The Morgan fingerprint density at radius 1 is 0.412 bits per heavy atom. The summed E-state index contributed by atoms with van der Waals surface area (Å²) >= 11 is 0. The molecule has 68 heavy (non-hydrogen) atoms. The molecule has 0 saturated heterocycles. The van der Waals surface area contributed by atoms with Gasteiger partial charge in [0.2, 0.25) is 5.91 Å². The van der Waals surface area contributed by atoms with Crippen LogP contribution in [0.5, 0.6) is 0 Å². The van der Waals surface area contributed by atoms with Crippen LogP contribution >= 0.6 is 0 Å². The molecule has 1 amide bonds. The van der Waals surface area contributed by atoms with Crippen LogP contribution in [0, 0.1) is 0 Å². The number of rotatable bonds is 56. The molecule has 0 aromatic rings. The van der Waals surface area contributed by atoms with Gasteiger partial charge in [0, 0.05) is 12.8 Å². The van der Waals surface area contributed by atoms with Gasteiger partial charge in [-0.15, -0.1) is 0 Å². The van der Waals surface area contributed by atoms with Crippen LogP contribution in [0.2, 0.25) is 0 Å². The largest absolute Gasteiger partial charge is 0.466 e. The van der Waals surface area contributed by atoms with E-state index in [0.29, 0.717) is 25.9 Å². The summed E-state index contributed by atoms with van der Waals surface area (Å²) in [6, 6.07) is -0.581. The first-order valence-corrected chi connectivity index (χ1v) is 30.2. The Kier molecular flexibility index (Phi) is 56.0. The molecule has 6 heteroatoms. The highest BCUT2D eigenvalue weighted by Gasteiger charge is 2.20. The fourth-order valence-corrected chi connectivity index (χ4v) is 9.26. The summed E-state index contributed by atoms with van der Waals surface area (Å²) in [4.78, 5) is 24.6. The lowest BCUT2D eigenvalue weighted by Gasteiger charge is -2.22. The van der Waals surface area contributed by atoms with E-state index in [1.807, 2.05) is 0 Å². The molecule has 2 unspecified atom stereocenters. The summed E-state index contributed by atoms with van der Waals surface area (Å²) in [7, 11) is 0. The summed E-state index contributed by atoms with van der Waals surface area (Å²) in [6.07, 6.45) is 71.5. The Balaban J connectivity index is 3.51. The third-order valence-corrected chi connectivity index (χ3v) is 13.9. The van der Waals surface area contributed by atoms with E-state index in [2.05, 4.69) is 55.6 Å². The Morgan fingerprint density at radius 2 is 0.750 bits per heavy atom. The van der Waals surface area contributed by atoms with E-state index in [9.17, 15) is 19.8 Å². The van der Waals surface area contributed by atoms with Crippen molar-refractivity contribution in [2.24, 2.45) is 0 Å². The van der Waals surface area contributed by atoms with Crippen molar-refractivity contribution >= 4 is 11.9 Å². The number of aliphatic hydroxyl groups is 2. The van der Waals surface area contributed by atoms with Crippen molar-refractivity contribution in [2.75, 3.05) is 13.2 Å². The van der Waals surface area contributed by atoms with Crippen LogP contribution in [0.15, 0.2) is 36.5 Å². The van der Waals surface area contributed by atoms with Gasteiger partial charge < -0.3 is 20.3 Å². The Bertz CT molecular complexity index is 1100. The third-order valence-electron chi connectivity index (χ3n) is 13.9. The van der Waals surface area contributed by atoms with Crippen LogP contribution < -0.4 is 5.32 Å². The van der Waals surface area contributed by atoms with E-state index in [4.69, 9.17) is 4.74 Å². The topological polar surface area (TPSA) is 95.9 Å². The Morgan fingerprint density at radius 3 is 1.19 bits per heavy atom. The molecule has 0 spiro atoms. The molecule has 400 valence electrons. The van der Waals surface area contributed by atoms with Gasteiger partial charge in [0.05, 0.1) is 25.4 Å². The van der Waals surface area contributed by atoms with Gasteiger partial charge in [-0.05, 0) is 77.0 Å². The summed E-state index contributed by atoms with van der Waals surface area (Å²) in [5.41, 5.74) is 0. The van der Waals surface area contributed by atoms with Crippen molar-refractivity contribution in [1.29, 1.82) is 0 Å². The van der Waals surface area contributed by atoms with E-state index >= 15 is 0 Å². The maximum Gasteiger partial charge on any atom is 0.305 e. The number of unbranched alkanes of at least 4 members (excludes halogenated alkanes) is 39. The number of nitrogens with one attached hydrogen (secondary N) is 1. The van der Waals surface area contributed by atoms with E-state index in [1.54, 1.807) is 0 Å². The minimum absolute atomic E-state index is 0.0386. The highest BCUT2D eigenvalue weighted by Crippen LogP contribution is 2.17. The average Bonchev–Trinajstić information content (AvgIpc) is 3.34. The second kappa shape index (κ2) is 57.7. The van der Waals surface area contributed by atoms with Gasteiger partial charge in [-0.3, -0.25) is 9.59 Å². The number of aliphatic hydroxyl groups excluding tert-OH is 2. The highest BCUT2D eigenvalue weighted by molar-refractivity contribution is 5.76. The molecule has 0 aromatic heterocycles. The van der Waals surface area contributed by atoms with Crippen molar-refractivity contribution in [2.45, 2.75) is 334 Å². The molecular weight excluding hydrogens is 839 g/mol. The van der Waals surface area contributed by atoms with Crippen LogP contribution in [-0.2, 0) is 14.3 Å². The van der Waals surface area contributed by atoms with Gasteiger partial charge in [-0.2, -0.15) is 0 Å². The first-order valence-electron chi connectivity index (χ1n) is 30.2. The average molecular weight is 957 g/mol. The molecule has 0 heterocycles. The minimum Gasteiger partial charge on any atom is -0.466 e. The van der Waals surface area contributed by atoms with Crippen LogP contribution in [-0.4, -0.2) is 47.4 Å². The Hall–Kier alpha value is -1.92. The van der Waals surface area contributed by atoms with Gasteiger partial charge in [0.15, 0.2) is 0 Å².